The second-order valence-electron chi connectivity index (χ2n) is 6.61. The average Bonchev–Trinajstić information content (AvgIpc) is 2.93. The molecule has 1 aromatic carbocycles. The van der Waals surface area contributed by atoms with E-state index in [1.165, 1.54) is 0 Å². The Morgan fingerprint density at radius 2 is 2.00 bits per heavy atom. The third kappa shape index (κ3) is 1.68. The summed E-state index contributed by atoms with van der Waals surface area (Å²) in [6.45, 7) is 6.35. The molecule has 0 aliphatic heterocycles. The van der Waals surface area contributed by atoms with E-state index in [9.17, 15) is 4.79 Å². The molecule has 0 aliphatic carbocycles. The summed E-state index contributed by atoms with van der Waals surface area (Å²) < 4.78 is 0. The second kappa shape index (κ2) is 4.16. The Morgan fingerprint density at radius 1 is 1.18 bits per heavy atom. The van der Waals surface area contributed by atoms with Crippen molar-refractivity contribution in [2.24, 2.45) is 0 Å². The largest absolute Gasteiger partial charge is 0.336 e. The van der Waals surface area contributed by atoms with Gasteiger partial charge in [-0.2, -0.15) is 0 Å². The van der Waals surface area contributed by atoms with Crippen LogP contribution in [0.1, 0.15) is 26.6 Å². The van der Waals surface area contributed by atoms with Gasteiger partial charge in [-0.05, 0) is 12.1 Å². The van der Waals surface area contributed by atoms with Crippen LogP contribution in [-0.4, -0.2) is 15.0 Å². The van der Waals surface area contributed by atoms with Crippen LogP contribution >= 0.6 is 0 Å². The van der Waals surface area contributed by atoms with E-state index in [0.29, 0.717) is 5.39 Å². The lowest BCUT2D eigenvalue weighted by molar-refractivity contribution is -0.343. The molecule has 0 atom stereocenters. The van der Waals surface area contributed by atoms with Crippen molar-refractivity contribution < 1.29 is 4.98 Å². The Bertz CT molecular complexity index is 1080. The molecule has 0 bridgehead atoms. The highest BCUT2D eigenvalue weighted by molar-refractivity contribution is 6.20. The van der Waals surface area contributed by atoms with E-state index in [1.807, 2.05) is 24.4 Å². The number of imidazole rings is 1. The Hall–Kier alpha value is -2.69. The predicted octanol–water partition coefficient (Wildman–Crippen LogP) is 2.67. The Labute approximate surface area is 126 Å². The van der Waals surface area contributed by atoms with Crippen LogP contribution in [0.4, 0.5) is 0 Å². The first-order valence-corrected chi connectivity index (χ1v) is 7.31. The number of nitrogens with zero attached hydrogens (tertiary/aromatic N) is 1. The molecule has 0 unspecified atom stereocenters. The van der Waals surface area contributed by atoms with Crippen LogP contribution in [0.15, 0.2) is 35.4 Å². The van der Waals surface area contributed by atoms with Crippen molar-refractivity contribution in [2.75, 3.05) is 0 Å². The summed E-state index contributed by atoms with van der Waals surface area (Å²) in [5.74, 6) is 0.911. The Morgan fingerprint density at radius 3 is 2.77 bits per heavy atom. The summed E-state index contributed by atoms with van der Waals surface area (Å²) in [5.41, 5.74) is 2.50. The van der Waals surface area contributed by atoms with E-state index in [-0.39, 0.29) is 11.0 Å². The molecule has 3 heterocycles. The summed E-state index contributed by atoms with van der Waals surface area (Å²) in [7, 11) is 0. The fourth-order valence-electron chi connectivity index (χ4n) is 2.90. The van der Waals surface area contributed by atoms with Gasteiger partial charge in [-0.25, -0.2) is 9.97 Å². The van der Waals surface area contributed by atoms with Crippen LogP contribution in [0, 0.1) is 0 Å². The lowest BCUT2D eigenvalue weighted by Gasteiger charge is -2.13. The SMILES string of the molecule is CC(C)(C)c1nc2c3cc[nH]c(=O)c3c3ccc[nH+]c3c2[nH]1. The van der Waals surface area contributed by atoms with E-state index in [2.05, 4.69) is 35.7 Å². The number of aromatic amines is 3. The maximum atomic E-state index is 12.3. The molecule has 22 heavy (non-hydrogen) atoms. The number of hydrogen-bond acceptors (Lipinski definition) is 2. The third-order valence-electron chi connectivity index (χ3n) is 4.01. The van der Waals surface area contributed by atoms with Crippen molar-refractivity contribution in [1.29, 1.82) is 0 Å². The van der Waals surface area contributed by atoms with Gasteiger partial charge in [-0.3, -0.25) is 4.79 Å². The van der Waals surface area contributed by atoms with Crippen LogP contribution in [0.3, 0.4) is 0 Å². The molecule has 5 heteroatoms. The summed E-state index contributed by atoms with van der Waals surface area (Å²) in [6.07, 6.45) is 3.54. The number of benzene rings is 1. The molecule has 0 radical (unpaired) electrons. The molecule has 110 valence electrons. The average molecular weight is 293 g/mol. The second-order valence-corrected chi connectivity index (χ2v) is 6.61. The zero-order valence-electron chi connectivity index (χ0n) is 12.7. The molecule has 3 aromatic heterocycles. The number of H-pyrrole nitrogens is 3. The number of pyridine rings is 2. The van der Waals surface area contributed by atoms with Gasteiger partial charge in [0.15, 0.2) is 6.20 Å². The maximum absolute atomic E-state index is 12.3. The molecular formula is C17H17N4O+. The Kier molecular flexibility index (Phi) is 2.46. The molecule has 0 spiro atoms. The zero-order valence-corrected chi connectivity index (χ0v) is 12.7. The van der Waals surface area contributed by atoms with E-state index in [4.69, 9.17) is 4.98 Å². The molecule has 5 nitrogen and oxygen atoms in total. The number of aromatic nitrogens is 4. The van der Waals surface area contributed by atoms with Crippen molar-refractivity contribution >= 4 is 32.7 Å². The van der Waals surface area contributed by atoms with Crippen LogP contribution in [-0.2, 0) is 5.41 Å². The summed E-state index contributed by atoms with van der Waals surface area (Å²) in [6, 6.07) is 5.78. The van der Waals surface area contributed by atoms with Gasteiger partial charge in [0.05, 0.1) is 10.8 Å². The smallest absolute Gasteiger partial charge is 0.256 e. The van der Waals surface area contributed by atoms with Crippen molar-refractivity contribution in [3.8, 4) is 0 Å². The molecule has 4 aromatic rings. The number of rotatable bonds is 0. The minimum absolute atomic E-state index is 0.0896. The van der Waals surface area contributed by atoms with Crippen molar-refractivity contribution in [1.82, 2.24) is 15.0 Å². The van der Waals surface area contributed by atoms with Crippen molar-refractivity contribution in [2.45, 2.75) is 26.2 Å². The van der Waals surface area contributed by atoms with Gasteiger partial charge in [0.25, 0.3) is 5.56 Å². The van der Waals surface area contributed by atoms with Gasteiger partial charge in [0.1, 0.15) is 16.9 Å². The van der Waals surface area contributed by atoms with Crippen molar-refractivity contribution in [3.63, 3.8) is 0 Å². The minimum Gasteiger partial charge on any atom is -0.336 e. The van der Waals surface area contributed by atoms with Crippen LogP contribution in [0.25, 0.3) is 32.7 Å². The lowest BCUT2D eigenvalue weighted by Crippen LogP contribution is -2.13. The molecule has 0 amide bonds. The van der Waals surface area contributed by atoms with E-state index >= 15 is 0 Å². The summed E-state index contributed by atoms with van der Waals surface area (Å²) in [4.78, 5) is 26.6. The van der Waals surface area contributed by atoms with Gasteiger partial charge < -0.3 is 9.97 Å². The van der Waals surface area contributed by atoms with E-state index in [1.54, 1.807) is 6.20 Å². The standard InChI is InChI=1S/C17H16N4O/c1-17(2,3)16-20-13-10-6-8-19-15(22)11(10)9-5-4-7-18-12(9)14(13)21-16/h4-8H,1-3H3,(H,19,22)(H,20,21)/p+1. The molecule has 0 aliphatic rings. The lowest BCUT2D eigenvalue weighted by atomic mass is 9.96. The predicted molar refractivity (Wildman–Crippen MR) is 87.0 cm³/mol. The quantitative estimate of drug-likeness (QED) is 0.489. The summed E-state index contributed by atoms with van der Waals surface area (Å²) in [5, 5.41) is 2.45. The normalized spacial score (nSPS) is 12.5. The Balaban J connectivity index is 2.35. The molecular weight excluding hydrogens is 276 g/mol. The van der Waals surface area contributed by atoms with Crippen molar-refractivity contribution in [3.05, 3.63) is 46.8 Å². The fraction of sp³-hybridized carbons (Fsp3) is 0.235. The van der Waals surface area contributed by atoms with Crippen LogP contribution < -0.4 is 10.5 Å². The zero-order chi connectivity index (χ0) is 15.5. The van der Waals surface area contributed by atoms with Gasteiger partial charge in [0, 0.05) is 23.1 Å². The van der Waals surface area contributed by atoms with Gasteiger partial charge in [-0.15, -0.1) is 0 Å². The number of nitrogens with one attached hydrogen (secondary N) is 3. The highest BCUT2D eigenvalue weighted by Crippen LogP contribution is 2.31. The first-order chi connectivity index (χ1) is 10.5. The maximum Gasteiger partial charge on any atom is 0.256 e. The van der Waals surface area contributed by atoms with Gasteiger partial charge >= 0.3 is 0 Å². The highest BCUT2D eigenvalue weighted by Gasteiger charge is 2.23. The fourth-order valence-corrected chi connectivity index (χ4v) is 2.90. The van der Waals surface area contributed by atoms with Crippen LogP contribution in [0.2, 0.25) is 0 Å². The molecule has 0 fully saturated rings. The first kappa shape index (κ1) is 13.0. The summed E-state index contributed by atoms with van der Waals surface area (Å²) >= 11 is 0. The highest BCUT2D eigenvalue weighted by atomic mass is 16.1. The molecule has 4 rings (SSSR count). The topological polar surface area (TPSA) is 75.7 Å². The molecule has 0 saturated heterocycles. The number of fused-ring (bicyclic) bond motifs is 6. The van der Waals surface area contributed by atoms with Crippen LogP contribution in [0.5, 0.6) is 0 Å². The van der Waals surface area contributed by atoms with Gasteiger partial charge in [0.2, 0.25) is 5.52 Å². The number of hydrogen-bond donors (Lipinski definition) is 2. The third-order valence-corrected chi connectivity index (χ3v) is 4.01. The minimum atomic E-state index is -0.0932. The molecule has 3 N–H and O–H groups in total. The van der Waals surface area contributed by atoms with E-state index in [0.717, 1.165) is 33.1 Å². The monoisotopic (exact) mass is 293 g/mol. The van der Waals surface area contributed by atoms with Gasteiger partial charge in [-0.1, -0.05) is 20.8 Å². The molecule has 0 saturated carbocycles. The van der Waals surface area contributed by atoms with E-state index < -0.39 is 0 Å². The first-order valence-electron chi connectivity index (χ1n) is 7.31.